The summed E-state index contributed by atoms with van der Waals surface area (Å²) in [4.78, 5) is 0. The molecule has 1 saturated heterocycles. The highest BCUT2D eigenvalue weighted by atomic mass is 32.3. The molecule has 1 N–H and O–H groups in total. The Kier molecular flexibility index (Phi) is 3.31. The van der Waals surface area contributed by atoms with Gasteiger partial charge in [0.05, 0.1) is 6.10 Å². The third-order valence-corrected chi connectivity index (χ3v) is 6.57. The molecule has 1 aliphatic heterocycles. The molecule has 0 saturated carbocycles. The van der Waals surface area contributed by atoms with Crippen LogP contribution >= 0.6 is 10.3 Å². The highest BCUT2D eigenvalue weighted by molar-refractivity contribution is 8.29. The van der Waals surface area contributed by atoms with Crippen molar-refractivity contribution in [3.05, 3.63) is 0 Å². The second-order valence-corrected chi connectivity index (χ2v) is 8.94. The Labute approximate surface area is 83.9 Å². The second-order valence-electron chi connectivity index (χ2n) is 5.06. The maximum absolute atomic E-state index is 6.18. The molecule has 1 aliphatic rings. The minimum Gasteiger partial charge on any atom is -0.332 e. The first kappa shape index (κ1) is 11.3. The van der Waals surface area contributed by atoms with Crippen molar-refractivity contribution in [1.82, 2.24) is 5.32 Å². The van der Waals surface area contributed by atoms with E-state index < -0.39 is 10.3 Å². The molecule has 0 radical (unpaired) electrons. The Balaban J connectivity index is 2.50. The minimum atomic E-state index is -0.921. The average molecular weight is 205 g/mol. The fourth-order valence-corrected chi connectivity index (χ4v) is 2.33. The van der Waals surface area contributed by atoms with E-state index in [9.17, 15) is 0 Å². The van der Waals surface area contributed by atoms with E-state index in [0.717, 1.165) is 13.1 Å². The highest BCUT2D eigenvalue weighted by Gasteiger charge is 2.32. The lowest BCUT2D eigenvalue weighted by atomic mass is 10.3. The quantitative estimate of drug-likeness (QED) is 0.746. The van der Waals surface area contributed by atoms with Crippen molar-refractivity contribution in [2.75, 3.05) is 25.6 Å². The van der Waals surface area contributed by atoms with Crippen LogP contribution in [0.4, 0.5) is 0 Å². The Bertz CT molecular complexity index is 168. The van der Waals surface area contributed by atoms with E-state index >= 15 is 0 Å². The van der Waals surface area contributed by atoms with Crippen LogP contribution in [0.3, 0.4) is 0 Å². The molecular weight excluding hydrogens is 182 g/mol. The van der Waals surface area contributed by atoms with Crippen LogP contribution in [-0.2, 0) is 4.18 Å². The van der Waals surface area contributed by atoms with Gasteiger partial charge in [0.25, 0.3) is 0 Å². The number of nitrogens with one attached hydrogen (secondary N) is 1. The van der Waals surface area contributed by atoms with Crippen LogP contribution in [0.5, 0.6) is 0 Å². The topological polar surface area (TPSA) is 21.3 Å². The zero-order valence-electron chi connectivity index (χ0n) is 9.52. The van der Waals surface area contributed by atoms with E-state index in [1.54, 1.807) is 0 Å². The van der Waals surface area contributed by atoms with E-state index in [1.165, 1.54) is 6.42 Å². The molecule has 0 aromatic rings. The SMILES string of the molecule is CC(C)(C)S(C)(C)O[C@H]1CCNC1. The van der Waals surface area contributed by atoms with Crippen LogP contribution in [0.25, 0.3) is 0 Å². The predicted molar refractivity (Wildman–Crippen MR) is 61.6 cm³/mol. The summed E-state index contributed by atoms with van der Waals surface area (Å²) in [6, 6.07) is 0. The first-order valence-corrected chi connectivity index (χ1v) is 7.32. The molecule has 1 heterocycles. The summed E-state index contributed by atoms with van der Waals surface area (Å²) in [5.74, 6) is 0. The van der Waals surface area contributed by atoms with Crippen LogP contribution in [0, 0.1) is 0 Å². The molecule has 1 fully saturated rings. The predicted octanol–water partition coefficient (Wildman–Crippen LogP) is 2.14. The molecule has 80 valence electrons. The van der Waals surface area contributed by atoms with Gasteiger partial charge in [0.15, 0.2) is 0 Å². The van der Waals surface area contributed by atoms with Crippen molar-refractivity contribution in [2.45, 2.75) is 38.0 Å². The third-order valence-electron chi connectivity index (χ3n) is 2.87. The molecule has 0 unspecified atom stereocenters. The summed E-state index contributed by atoms with van der Waals surface area (Å²) < 4.78 is 6.47. The zero-order chi connectivity index (χ0) is 10.1. The lowest BCUT2D eigenvalue weighted by Gasteiger charge is -2.45. The molecule has 0 aliphatic carbocycles. The number of hydrogen-bond donors (Lipinski definition) is 1. The summed E-state index contributed by atoms with van der Waals surface area (Å²) in [7, 11) is -0.921. The van der Waals surface area contributed by atoms with Crippen molar-refractivity contribution >= 4 is 10.3 Å². The van der Waals surface area contributed by atoms with Crippen LogP contribution in [0.15, 0.2) is 0 Å². The van der Waals surface area contributed by atoms with Crippen LogP contribution in [0.2, 0.25) is 0 Å². The first-order valence-electron chi connectivity index (χ1n) is 4.95. The fraction of sp³-hybridized carbons (Fsp3) is 1.00. The standard InChI is InChI=1S/C10H23NOS/c1-10(2,3)13(4,5)12-9-6-7-11-8-9/h9,11H,6-8H2,1-5H3/t9-/m0/s1. The Hall–Kier alpha value is 0.270. The van der Waals surface area contributed by atoms with Gasteiger partial charge in [-0.3, -0.25) is 0 Å². The molecular formula is C10H23NOS. The van der Waals surface area contributed by atoms with Crippen molar-refractivity contribution in [1.29, 1.82) is 0 Å². The highest BCUT2D eigenvalue weighted by Crippen LogP contribution is 2.54. The summed E-state index contributed by atoms with van der Waals surface area (Å²) in [5, 5.41) is 3.33. The Morgan fingerprint density at radius 3 is 2.31 bits per heavy atom. The van der Waals surface area contributed by atoms with Crippen LogP contribution in [-0.4, -0.2) is 36.5 Å². The summed E-state index contributed by atoms with van der Waals surface area (Å²) in [6.45, 7) is 8.96. The summed E-state index contributed by atoms with van der Waals surface area (Å²) in [6.07, 6.45) is 6.16. The monoisotopic (exact) mass is 205 g/mol. The average Bonchev–Trinajstić information content (AvgIpc) is 2.35. The first-order chi connectivity index (χ1) is 5.83. The van der Waals surface area contributed by atoms with Crippen molar-refractivity contribution in [2.24, 2.45) is 0 Å². The van der Waals surface area contributed by atoms with E-state index in [2.05, 4.69) is 38.6 Å². The van der Waals surface area contributed by atoms with E-state index in [-0.39, 0.29) is 4.75 Å². The van der Waals surface area contributed by atoms with E-state index in [4.69, 9.17) is 4.18 Å². The molecule has 0 amide bonds. The van der Waals surface area contributed by atoms with Crippen LogP contribution < -0.4 is 5.32 Å². The second kappa shape index (κ2) is 3.79. The van der Waals surface area contributed by atoms with Gasteiger partial charge >= 0.3 is 0 Å². The Morgan fingerprint density at radius 2 is 1.92 bits per heavy atom. The minimum absolute atomic E-state index is 0.287. The third kappa shape index (κ3) is 2.86. The lowest BCUT2D eigenvalue weighted by Crippen LogP contribution is -2.29. The van der Waals surface area contributed by atoms with Crippen molar-refractivity contribution < 1.29 is 4.18 Å². The van der Waals surface area contributed by atoms with Gasteiger partial charge in [0.2, 0.25) is 0 Å². The van der Waals surface area contributed by atoms with Gasteiger partial charge in [0.1, 0.15) is 0 Å². The molecule has 1 atom stereocenters. The lowest BCUT2D eigenvalue weighted by molar-refractivity contribution is 0.249. The maximum atomic E-state index is 6.18. The van der Waals surface area contributed by atoms with Gasteiger partial charge < -0.3 is 9.50 Å². The number of hydrogen-bond acceptors (Lipinski definition) is 2. The van der Waals surface area contributed by atoms with Gasteiger partial charge in [-0.25, -0.2) is 0 Å². The van der Waals surface area contributed by atoms with Gasteiger partial charge in [-0.2, -0.15) is 0 Å². The molecule has 3 heteroatoms. The maximum Gasteiger partial charge on any atom is 0.0837 e. The normalized spacial score (nSPS) is 26.4. The smallest absolute Gasteiger partial charge is 0.0837 e. The van der Waals surface area contributed by atoms with Gasteiger partial charge in [0, 0.05) is 11.3 Å². The fourth-order valence-electron chi connectivity index (χ4n) is 1.19. The zero-order valence-corrected chi connectivity index (χ0v) is 10.3. The molecule has 13 heavy (non-hydrogen) atoms. The molecule has 0 aromatic carbocycles. The van der Waals surface area contributed by atoms with E-state index in [1.807, 2.05) is 0 Å². The summed E-state index contributed by atoms with van der Waals surface area (Å²) in [5.41, 5.74) is 0. The van der Waals surface area contributed by atoms with Gasteiger partial charge in [-0.1, -0.05) is 20.8 Å². The van der Waals surface area contributed by atoms with E-state index in [0.29, 0.717) is 6.10 Å². The molecule has 0 spiro atoms. The molecule has 1 rings (SSSR count). The van der Waals surface area contributed by atoms with Crippen molar-refractivity contribution in [3.8, 4) is 0 Å². The molecule has 0 bridgehead atoms. The van der Waals surface area contributed by atoms with Crippen LogP contribution in [0.1, 0.15) is 27.2 Å². The Morgan fingerprint density at radius 1 is 1.31 bits per heavy atom. The largest absolute Gasteiger partial charge is 0.332 e. The molecule has 2 nitrogen and oxygen atoms in total. The van der Waals surface area contributed by atoms with Crippen molar-refractivity contribution in [3.63, 3.8) is 0 Å². The molecule has 0 aromatic heterocycles. The summed E-state index contributed by atoms with van der Waals surface area (Å²) >= 11 is 0. The number of rotatable bonds is 2. The van der Waals surface area contributed by atoms with Gasteiger partial charge in [-0.05, 0) is 25.5 Å². The van der Waals surface area contributed by atoms with Gasteiger partial charge in [-0.15, -0.1) is 10.3 Å².